The number of hydrogen-bond acceptors (Lipinski definition) is 6. The lowest BCUT2D eigenvalue weighted by Crippen LogP contribution is -2.28. The molecule has 0 atom stereocenters. The smallest absolute Gasteiger partial charge is 0.294 e. The molecule has 0 fully saturated rings. The van der Waals surface area contributed by atoms with E-state index in [9.17, 15) is 19.7 Å². The van der Waals surface area contributed by atoms with Crippen LogP contribution < -0.4 is 10.7 Å². The van der Waals surface area contributed by atoms with Gasteiger partial charge in [-0.15, -0.1) is 0 Å². The Morgan fingerprint density at radius 3 is 2.65 bits per heavy atom. The Labute approximate surface area is 202 Å². The molecule has 0 saturated carbocycles. The molecular formula is C22H16Cl2N6O4. The van der Waals surface area contributed by atoms with Crippen LogP contribution in [0.3, 0.4) is 0 Å². The quantitative estimate of drug-likeness (QED) is 0.312. The molecule has 1 amide bonds. The molecule has 2 aromatic heterocycles. The van der Waals surface area contributed by atoms with Gasteiger partial charge in [0.15, 0.2) is 5.69 Å². The topological polar surface area (TPSA) is 125 Å². The van der Waals surface area contributed by atoms with Gasteiger partial charge in [0.1, 0.15) is 11.5 Å². The van der Waals surface area contributed by atoms with Crippen molar-refractivity contribution in [2.24, 2.45) is 0 Å². The second kappa shape index (κ2) is 9.46. The molecule has 12 heteroatoms. The first-order valence-corrected chi connectivity index (χ1v) is 10.6. The number of benzene rings is 2. The van der Waals surface area contributed by atoms with Crippen LogP contribution in [0.4, 0.5) is 11.5 Å². The van der Waals surface area contributed by atoms with E-state index in [2.05, 4.69) is 15.5 Å². The summed E-state index contributed by atoms with van der Waals surface area (Å²) in [7, 11) is 0. The Hall–Kier alpha value is -4.02. The molecule has 0 aliphatic carbocycles. The van der Waals surface area contributed by atoms with E-state index in [-0.39, 0.29) is 17.9 Å². The average Bonchev–Trinajstić information content (AvgIpc) is 3.22. The zero-order valence-electron chi connectivity index (χ0n) is 17.6. The van der Waals surface area contributed by atoms with Gasteiger partial charge in [-0.05, 0) is 30.7 Å². The number of aromatic nitrogens is 4. The van der Waals surface area contributed by atoms with Crippen molar-refractivity contribution < 1.29 is 9.72 Å². The van der Waals surface area contributed by atoms with Gasteiger partial charge in [0.2, 0.25) is 5.43 Å². The molecule has 10 nitrogen and oxygen atoms in total. The van der Waals surface area contributed by atoms with Crippen LogP contribution in [0, 0.1) is 17.0 Å². The minimum atomic E-state index is -0.790. The molecular weight excluding hydrogens is 483 g/mol. The van der Waals surface area contributed by atoms with Crippen LogP contribution in [0.2, 0.25) is 10.0 Å². The number of nitrogens with zero attached hydrogens (tertiary/aromatic N) is 5. The van der Waals surface area contributed by atoms with Crippen molar-refractivity contribution in [2.75, 3.05) is 5.32 Å². The Morgan fingerprint density at radius 1 is 1.15 bits per heavy atom. The number of hydrogen-bond donors (Lipinski definition) is 1. The van der Waals surface area contributed by atoms with Crippen LogP contribution in [-0.4, -0.2) is 30.4 Å². The van der Waals surface area contributed by atoms with Crippen molar-refractivity contribution in [1.29, 1.82) is 0 Å². The molecule has 0 aliphatic rings. The number of para-hydroxylation sites is 2. The van der Waals surface area contributed by atoms with Crippen molar-refractivity contribution in [3.05, 3.63) is 108 Å². The Kier molecular flexibility index (Phi) is 6.44. The van der Waals surface area contributed by atoms with E-state index in [4.69, 9.17) is 23.2 Å². The highest BCUT2D eigenvalue weighted by molar-refractivity contribution is 6.35. The number of rotatable bonds is 6. The summed E-state index contributed by atoms with van der Waals surface area (Å²) in [6.07, 6.45) is 1.48. The van der Waals surface area contributed by atoms with Gasteiger partial charge in [-0.25, -0.2) is 9.36 Å². The third kappa shape index (κ3) is 4.68. The lowest BCUT2D eigenvalue weighted by atomic mass is 10.2. The average molecular weight is 499 g/mol. The van der Waals surface area contributed by atoms with Crippen molar-refractivity contribution in [2.45, 2.75) is 13.5 Å². The molecule has 34 heavy (non-hydrogen) atoms. The van der Waals surface area contributed by atoms with E-state index >= 15 is 0 Å². The summed E-state index contributed by atoms with van der Waals surface area (Å²) < 4.78 is 2.68. The Bertz CT molecular complexity index is 1480. The molecule has 1 N–H and O–H groups in total. The van der Waals surface area contributed by atoms with Crippen LogP contribution in [0.25, 0.3) is 5.69 Å². The maximum Gasteiger partial charge on any atom is 0.294 e. The fourth-order valence-electron chi connectivity index (χ4n) is 3.30. The lowest BCUT2D eigenvalue weighted by Gasteiger charge is -2.12. The summed E-state index contributed by atoms with van der Waals surface area (Å²) in [6.45, 7) is 1.80. The van der Waals surface area contributed by atoms with Crippen LogP contribution >= 0.6 is 23.2 Å². The monoisotopic (exact) mass is 498 g/mol. The molecule has 4 aromatic rings. The van der Waals surface area contributed by atoms with Gasteiger partial charge in [0, 0.05) is 33.9 Å². The normalized spacial score (nSPS) is 10.8. The molecule has 172 valence electrons. The van der Waals surface area contributed by atoms with Gasteiger partial charge in [0.25, 0.3) is 11.6 Å². The van der Waals surface area contributed by atoms with Crippen LogP contribution in [0.1, 0.15) is 21.7 Å². The molecule has 0 saturated heterocycles. The molecule has 0 unspecified atom stereocenters. The SMILES string of the molecule is Cc1cc(=O)c(C(=O)Nc2ccnn2Cc2ccc(Cl)cc2Cl)nn1-c1ccccc1[N+](=O)[O-]. The molecule has 4 rings (SSSR count). The van der Waals surface area contributed by atoms with Crippen molar-refractivity contribution in [1.82, 2.24) is 19.6 Å². The minimum Gasteiger partial charge on any atom is -0.305 e. The van der Waals surface area contributed by atoms with Crippen LogP contribution in [-0.2, 0) is 6.54 Å². The van der Waals surface area contributed by atoms with Gasteiger partial charge in [-0.3, -0.25) is 19.7 Å². The minimum absolute atomic E-state index is 0.126. The predicted octanol–water partition coefficient (Wildman–Crippen LogP) is 4.25. The summed E-state index contributed by atoms with van der Waals surface area (Å²) in [5.74, 6) is -0.490. The van der Waals surface area contributed by atoms with E-state index in [1.807, 2.05) is 0 Å². The molecule has 0 aliphatic heterocycles. The molecule has 0 bridgehead atoms. The van der Waals surface area contributed by atoms with Crippen LogP contribution in [0.15, 0.2) is 65.6 Å². The molecule has 0 radical (unpaired) electrons. The first-order valence-electron chi connectivity index (χ1n) is 9.86. The zero-order valence-corrected chi connectivity index (χ0v) is 19.1. The Morgan fingerprint density at radius 2 is 1.91 bits per heavy atom. The second-order valence-electron chi connectivity index (χ2n) is 7.22. The summed E-state index contributed by atoms with van der Waals surface area (Å²) in [5.41, 5.74) is -0.0964. The number of aryl methyl sites for hydroxylation is 1. The van der Waals surface area contributed by atoms with Crippen molar-refractivity contribution in [3.8, 4) is 5.69 Å². The first-order chi connectivity index (χ1) is 16.2. The van der Waals surface area contributed by atoms with Gasteiger partial charge in [-0.2, -0.15) is 10.2 Å². The summed E-state index contributed by atoms with van der Waals surface area (Å²) >= 11 is 12.2. The Balaban J connectivity index is 1.66. The summed E-state index contributed by atoms with van der Waals surface area (Å²) in [4.78, 5) is 36.4. The third-order valence-electron chi connectivity index (χ3n) is 4.92. The molecule has 0 spiro atoms. The maximum absolute atomic E-state index is 13.0. The maximum atomic E-state index is 13.0. The number of nitrogens with one attached hydrogen (secondary N) is 1. The zero-order chi connectivity index (χ0) is 24.4. The standard InChI is InChI=1S/C22H16Cl2N6O4/c1-13-10-19(31)21(27-29(13)17-4-2-3-5-18(17)30(33)34)22(32)26-20-8-9-25-28(20)12-14-6-7-15(23)11-16(14)24/h2-11H,12H2,1H3,(H,26,32). The summed E-state index contributed by atoms with van der Waals surface area (Å²) in [5, 5.41) is 23.3. The molecule has 2 heterocycles. The lowest BCUT2D eigenvalue weighted by molar-refractivity contribution is -0.384. The van der Waals surface area contributed by atoms with Crippen molar-refractivity contribution >= 4 is 40.6 Å². The van der Waals surface area contributed by atoms with Gasteiger partial charge < -0.3 is 5.32 Å². The van der Waals surface area contributed by atoms with E-state index in [1.54, 1.807) is 37.3 Å². The number of carbonyl (C=O) groups is 1. The third-order valence-corrected chi connectivity index (χ3v) is 5.51. The van der Waals surface area contributed by atoms with E-state index < -0.39 is 22.0 Å². The van der Waals surface area contributed by atoms with E-state index in [0.29, 0.717) is 21.6 Å². The predicted molar refractivity (Wildman–Crippen MR) is 127 cm³/mol. The highest BCUT2D eigenvalue weighted by Crippen LogP contribution is 2.24. The fraction of sp³-hybridized carbons (Fsp3) is 0.0909. The number of nitro benzene ring substituents is 1. The van der Waals surface area contributed by atoms with Gasteiger partial charge in [-0.1, -0.05) is 41.4 Å². The second-order valence-corrected chi connectivity index (χ2v) is 8.06. The van der Waals surface area contributed by atoms with E-state index in [1.165, 1.54) is 39.8 Å². The largest absolute Gasteiger partial charge is 0.305 e. The van der Waals surface area contributed by atoms with Gasteiger partial charge in [0.05, 0.1) is 17.7 Å². The number of amides is 1. The number of anilines is 1. The highest BCUT2D eigenvalue weighted by Gasteiger charge is 2.21. The fourth-order valence-corrected chi connectivity index (χ4v) is 3.77. The summed E-state index contributed by atoms with van der Waals surface area (Å²) in [6, 6.07) is 13.7. The number of carbonyl (C=O) groups excluding carboxylic acids is 1. The highest BCUT2D eigenvalue weighted by atomic mass is 35.5. The first kappa shape index (κ1) is 23.1. The van der Waals surface area contributed by atoms with Crippen molar-refractivity contribution in [3.63, 3.8) is 0 Å². The number of nitro groups is 1. The van der Waals surface area contributed by atoms with E-state index in [0.717, 1.165) is 5.56 Å². The number of halogens is 2. The molecule has 2 aromatic carbocycles. The van der Waals surface area contributed by atoms with Crippen LogP contribution in [0.5, 0.6) is 0 Å². The van der Waals surface area contributed by atoms with Gasteiger partial charge >= 0.3 is 0 Å².